The average Bonchev–Trinajstić information content (AvgIpc) is 2.91. The fourth-order valence-corrected chi connectivity index (χ4v) is 4.46. The van der Waals surface area contributed by atoms with Crippen LogP contribution >= 0.6 is 0 Å². The zero-order valence-electron chi connectivity index (χ0n) is 21.7. The van der Waals surface area contributed by atoms with Gasteiger partial charge in [0.05, 0.1) is 33.2 Å². The third-order valence-corrected chi connectivity index (χ3v) is 6.68. The molecule has 5 aromatic carbocycles. The zero-order valence-corrected chi connectivity index (χ0v) is 26.5. The van der Waals surface area contributed by atoms with Crippen molar-refractivity contribution in [2.75, 3.05) is 0 Å². The van der Waals surface area contributed by atoms with E-state index in [0.717, 1.165) is 12.1 Å². The largest absolute Gasteiger partial charge is 1.00 e. The van der Waals surface area contributed by atoms with Crippen LogP contribution in [0.5, 0.6) is 11.5 Å². The summed E-state index contributed by atoms with van der Waals surface area (Å²) in [6.07, 6.45) is 0. The fraction of sp³-hybridized carbons (Fsp3) is 0. The minimum absolute atomic E-state index is 0. The number of fused-ring (bicyclic) bond motifs is 2. The van der Waals surface area contributed by atoms with Crippen LogP contribution in [0.25, 0.3) is 21.5 Å². The number of hydrogen-bond donors (Lipinski definition) is 2. The molecule has 0 bridgehead atoms. The smallest absolute Gasteiger partial charge is 0.872 e. The Labute approximate surface area is 277 Å². The summed E-state index contributed by atoms with van der Waals surface area (Å²) in [5, 5.41) is 52.2. The summed E-state index contributed by atoms with van der Waals surface area (Å²) >= 11 is 0. The molecule has 0 radical (unpaired) electrons. The number of carboxylic acid groups (broad SMARTS) is 1. The predicted octanol–water partition coefficient (Wildman–Crippen LogP) is -0.0761. The van der Waals surface area contributed by atoms with Crippen molar-refractivity contribution in [3.05, 3.63) is 90.5 Å². The topological polar surface area (TPSA) is 187 Å². The van der Waals surface area contributed by atoms with Crippen molar-refractivity contribution in [3.8, 4) is 11.5 Å². The normalized spacial score (nSPS) is 11.5. The molecule has 0 spiro atoms. The molecule has 0 amide bonds. The molecule has 5 aromatic rings. The molecular weight excluding hydrogens is 570 g/mol. The number of aromatic carboxylic acids is 1. The van der Waals surface area contributed by atoms with E-state index >= 15 is 0 Å². The van der Waals surface area contributed by atoms with Crippen LogP contribution in [0.3, 0.4) is 0 Å². The van der Waals surface area contributed by atoms with Gasteiger partial charge in [-0.05, 0) is 41.8 Å². The maximum Gasteiger partial charge on any atom is 1.00 e. The van der Waals surface area contributed by atoms with E-state index in [9.17, 15) is 28.0 Å². The molecule has 0 saturated heterocycles. The Morgan fingerprint density at radius 1 is 0.683 bits per heavy atom. The molecule has 11 nitrogen and oxygen atoms in total. The molecule has 0 aliphatic heterocycles. The second-order valence-corrected chi connectivity index (χ2v) is 9.73. The number of nitrogens with zero attached hydrogens (tertiary/aromatic N) is 4. The molecule has 194 valence electrons. The first-order valence-corrected chi connectivity index (χ1v) is 12.7. The van der Waals surface area contributed by atoms with Crippen LogP contribution in [-0.2, 0) is 10.1 Å². The first-order chi connectivity index (χ1) is 18.6. The molecule has 2 N–H and O–H groups in total. The van der Waals surface area contributed by atoms with Gasteiger partial charge in [-0.2, -0.15) is 18.6 Å². The van der Waals surface area contributed by atoms with Crippen molar-refractivity contribution in [3.63, 3.8) is 0 Å². The molecule has 0 aromatic heterocycles. The molecule has 14 heteroatoms. The van der Waals surface area contributed by atoms with Crippen molar-refractivity contribution >= 4 is 60.4 Å². The monoisotopic (exact) mass is 586 g/mol. The van der Waals surface area contributed by atoms with Crippen LogP contribution in [0.1, 0.15) is 10.4 Å². The molecule has 0 heterocycles. The average molecular weight is 586 g/mol. The number of azo groups is 2. The number of carbonyl (C=O) groups is 1. The molecule has 0 atom stereocenters. The summed E-state index contributed by atoms with van der Waals surface area (Å²) in [5.74, 6) is -2.41. The van der Waals surface area contributed by atoms with Crippen LogP contribution in [0.2, 0.25) is 0 Å². The van der Waals surface area contributed by atoms with Gasteiger partial charge in [0.1, 0.15) is 0 Å². The Hall–Kier alpha value is -3.20. The van der Waals surface area contributed by atoms with Crippen molar-refractivity contribution < 1.29 is 92.2 Å². The van der Waals surface area contributed by atoms with Crippen molar-refractivity contribution in [1.29, 1.82) is 0 Å². The van der Waals surface area contributed by atoms with Gasteiger partial charge in [0.2, 0.25) is 0 Å². The van der Waals surface area contributed by atoms with Crippen LogP contribution in [0.15, 0.2) is 110 Å². The Morgan fingerprint density at radius 3 is 1.90 bits per heavy atom. The summed E-state index contributed by atoms with van der Waals surface area (Å²) in [6.45, 7) is 0. The minimum Gasteiger partial charge on any atom is -0.872 e. The Morgan fingerprint density at radius 2 is 1.29 bits per heavy atom. The van der Waals surface area contributed by atoms with E-state index in [1.807, 2.05) is 0 Å². The van der Waals surface area contributed by atoms with Gasteiger partial charge < -0.3 is 15.3 Å². The summed E-state index contributed by atoms with van der Waals surface area (Å²) < 4.78 is 32.3. The van der Waals surface area contributed by atoms with E-state index in [-0.39, 0.29) is 75.4 Å². The van der Waals surface area contributed by atoms with Gasteiger partial charge in [-0.15, -0.1) is 10.2 Å². The van der Waals surface area contributed by atoms with Gasteiger partial charge in [-0.25, -0.2) is 4.79 Å². The third kappa shape index (κ3) is 7.00. The summed E-state index contributed by atoms with van der Waals surface area (Å²) in [4.78, 5) is 10.9. The van der Waals surface area contributed by atoms with Crippen LogP contribution < -0.4 is 69.3 Å². The van der Waals surface area contributed by atoms with Gasteiger partial charge in [0.15, 0.2) is 0 Å². The molecule has 5 rings (SSSR count). The van der Waals surface area contributed by atoms with Gasteiger partial charge in [-0.1, -0.05) is 60.0 Å². The molecule has 41 heavy (non-hydrogen) atoms. The first-order valence-electron chi connectivity index (χ1n) is 11.2. The van der Waals surface area contributed by atoms with Crippen LogP contribution in [0, 0.1) is 0 Å². The van der Waals surface area contributed by atoms with Gasteiger partial charge in [0, 0.05) is 16.2 Å². The van der Waals surface area contributed by atoms with Gasteiger partial charge >= 0.3 is 65.1 Å². The molecule has 0 aliphatic rings. The number of rotatable bonds is 6. The first kappa shape index (κ1) is 32.3. The fourth-order valence-electron chi connectivity index (χ4n) is 3.94. The summed E-state index contributed by atoms with van der Waals surface area (Å²) in [7, 11) is -4.42. The predicted molar refractivity (Wildman–Crippen MR) is 138 cm³/mol. The number of hydrogen-bond acceptors (Lipinski definition) is 9. The van der Waals surface area contributed by atoms with Crippen LogP contribution in [-0.4, -0.2) is 24.0 Å². The SMILES string of the molecule is O=C(O)c1cc(N=Nc2ccc(N=Nc3c([O-])ccc4cc(S(=O)(=O)O)ccc34)c3ccccc23)ccc1[O-].[Na+].[Na+]. The third-order valence-electron chi connectivity index (χ3n) is 5.83. The van der Waals surface area contributed by atoms with Crippen molar-refractivity contribution in [2.45, 2.75) is 4.90 Å². The standard InChI is InChI=1S/C27H18N4O7S.2Na/c32-24-12-6-16(14-21(24)27(34)35)28-29-22-9-10-23(20-4-2-1-3-19(20)22)30-31-26-18-8-7-17(39(36,37)38)13-15(18)5-11-25(26)33;;/h1-14,32-33H,(H,34,35)(H,36,37,38);;/q;2*+1/p-2. The molecule has 0 aliphatic carbocycles. The summed E-state index contributed by atoms with van der Waals surface area (Å²) in [5.41, 5.74) is 0.640. The number of benzene rings is 5. The van der Waals surface area contributed by atoms with Crippen molar-refractivity contribution in [1.82, 2.24) is 0 Å². The van der Waals surface area contributed by atoms with Crippen LogP contribution in [0.4, 0.5) is 22.7 Å². The van der Waals surface area contributed by atoms with E-state index in [1.165, 1.54) is 36.4 Å². The van der Waals surface area contributed by atoms with Gasteiger partial charge in [-0.3, -0.25) is 4.55 Å². The van der Waals surface area contributed by atoms with E-state index in [2.05, 4.69) is 20.5 Å². The zero-order chi connectivity index (χ0) is 27.7. The molecule has 0 saturated carbocycles. The number of carboxylic acids is 1. The summed E-state index contributed by atoms with van der Waals surface area (Å²) in [6, 6.07) is 20.4. The Kier molecular flexibility index (Phi) is 10.4. The molecule has 0 unspecified atom stereocenters. The van der Waals surface area contributed by atoms with E-state index < -0.39 is 33.1 Å². The van der Waals surface area contributed by atoms with E-state index in [1.54, 1.807) is 36.4 Å². The Bertz CT molecular complexity index is 1970. The quantitative estimate of drug-likeness (QED) is 0.158. The second kappa shape index (κ2) is 13.2. The Balaban J connectivity index is 0.00000231. The molecular formula is C27H16N4Na2O7S. The van der Waals surface area contributed by atoms with E-state index in [4.69, 9.17) is 5.11 Å². The van der Waals surface area contributed by atoms with Gasteiger partial charge in [0.25, 0.3) is 10.1 Å². The maximum atomic E-state index is 12.6. The van der Waals surface area contributed by atoms with Crippen molar-refractivity contribution in [2.24, 2.45) is 20.5 Å². The second-order valence-electron chi connectivity index (χ2n) is 8.31. The molecule has 0 fully saturated rings. The van der Waals surface area contributed by atoms with E-state index in [0.29, 0.717) is 32.9 Å². The minimum atomic E-state index is -4.42. The maximum absolute atomic E-state index is 12.6.